The smallest absolute Gasteiger partial charge is 0.123 e. The average Bonchev–Trinajstić information content (AvgIpc) is 3.01. The third kappa shape index (κ3) is 9.61. The number of aliphatic hydroxyl groups excluding tert-OH is 1. The summed E-state index contributed by atoms with van der Waals surface area (Å²) in [7, 11) is 0. The largest absolute Gasteiger partial charge is 0.507 e. The fourth-order valence-corrected chi connectivity index (χ4v) is 8.71. The highest BCUT2D eigenvalue weighted by atomic mass is 16.3. The standard InChI is InChI=1S/C54H80O3/c1-32-37(22-34-25-40(48(3,4)5)45(55)41(26-34)49(6,7)8)30-38(23-36-29-44(52(15,16)17)47(57)54(21,31-36)53(18,19)20)33(2)39(32)24-35-27-42(50(9,10)11)46(56)43(28-35)51(12,13)14/h25-31,47,55-57H,22-24H2,1-21H3. The Morgan fingerprint density at radius 1 is 0.509 bits per heavy atom. The van der Waals surface area contributed by atoms with Gasteiger partial charge in [-0.2, -0.15) is 0 Å². The van der Waals surface area contributed by atoms with Crippen molar-refractivity contribution in [2.45, 2.75) is 192 Å². The molecule has 0 spiro atoms. The van der Waals surface area contributed by atoms with Crippen molar-refractivity contribution in [2.75, 3.05) is 0 Å². The molecule has 0 saturated carbocycles. The highest BCUT2D eigenvalue weighted by Gasteiger charge is 2.47. The zero-order chi connectivity index (χ0) is 43.8. The molecule has 0 aliphatic heterocycles. The second-order valence-electron chi connectivity index (χ2n) is 24.0. The van der Waals surface area contributed by atoms with Gasteiger partial charge >= 0.3 is 0 Å². The van der Waals surface area contributed by atoms with Gasteiger partial charge in [0, 0.05) is 5.41 Å². The highest BCUT2D eigenvalue weighted by Crippen LogP contribution is 2.51. The Hall–Kier alpha value is -3.30. The summed E-state index contributed by atoms with van der Waals surface area (Å²) >= 11 is 0. The van der Waals surface area contributed by atoms with Gasteiger partial charge in [0.15, 0.2) is 0 Å². The lowest BCUT2D eigenvalue weighted by atomic mass is 9.58. The van der Waals surface area contributed by atoms with E-state index in [0.29, 0.717) is 11.5 Å². The van der Waals surface area contributed by atoms with Gasteiger partial charge in [0.05, 0.1) is 6.10 Å². The summed E-state index contributed by atoms with van der Waals surface area (Å²) in [5.41, 5.74) is 13.5. The number of hydrogen-bond acceptors (Lipinski definition) is 3. The van der Waals surface area contributed by atoms with Gasteiger partial charge in [-0.25, -0.2) is 0 Å². The molecule has 0 amide bonds. The first kappa shape index (κ1) is 46.4. The quantitative estimate of drug-likeness (QED) is 0.234. The monoisotopic (exact) mass is 777 g/mol. The van der Waals surface area contributed by atoms with Crippen LogP contribution in [0.5, 0.6) is 11.5 Å². The minimum Gasteiger partial charge on any atom is -0.507 e. The first-order chi connectivity index (χ1) is 25.5. The van der Waals surface area contributed by atoms with Crippen LogP contribution in [0.4, 0.5) is 0 Å². The van der Waals surface area contributed by atoms with Crippen LogP contribution in [0, 0.1) is 30.1 Å². The summed E-state index contributed by atoms with van der Waals surface area (Å²) in [5.74, 6) is 0.820. The van der Waals surface area contributed by atoms with Crippen LogP contribution in [0.15, 0.2) is 53.6 Å². The first-order valence-electron chi connectivity index (χ1n) is 21.4. The Labute approximate surface area is 349 Å². The number of aliphatic hydroxyl groups is 1. The first-order valence-corrected chi connectivity index (χ1v) is 21.4. The van der Waals surface area contributed by atoms with Crippen LogP contribution in [0.2, 0.25) is 0 Å². The van der Waals surface area contributed by atoms with Crippen LogP contribution in [0.25, 0.3) is 0 Å². The number of aromatic hydroxyl groups is 2. The molecule has 0 saturated heterocycles. The summed E-state index contributed by atoms with van der Waals surface area (Å²) in [6, 6.07) is 11.4. The molecule has 1 aliphatic carbocycles. The molecule has 0 fully saturated rings. The average molecular weight is 777 g/mol. The number of hydrogen-bond donors (Lipinski definition) is 3. The molecule has 3 nitrogen and oxygen atoms in total. The van der Waals surface area contributed by atoms with Crippen molar-refractivity contribution in [1.29, 1.82) is 0 Å². The van der Waals surface area contributed by atoms with Gasteiger partial charge in [0.25, 0.3) is 0 Å². The molecule has 2 atom stereocenters. The van der Waals surface area contributed by atoms with E-state index in [2.05, 4.69) is 188 Å². The lowest BCUT2D eigenvalue weighted by Gasteiger charge is -2.49. The molecular formula is C54H80O3. The molecule has 314 valence electrons. The molecular weight excluding hydrogens is 697 g/mol. The third-order valence-corrected chi connectivity index (χ3v) is 13.1. The molecule has 57 heavy (non-hydrogen) atoms. The molecule has 1 aliphatic rings. The number of rotatable bonds is 6. The second-order valence-corrected chi connectivity index (χ2v) is 24.0. The fourth-order valence-electron chi connectivity index (χ4n) is 8.71. The molecule has 0 aromatic heterocycles. The minimum atomic E-state index is -0.571. The Kier molecular flexibility index (Phi) is 12.3. The van der Waals surface area contributed by atoms with Crippen molar-refractivity contribution >= 4 is 0 Å². The summed E-state index contributed by atoms with van der Waals surface area (Å²) in [6.07, 6.45) is 6.33. The van der Waals surface area contributed by atoms with Crippen LogP contribution < -0.4 is 0 Å². The van der Waals surface area contributed by atoms with E-state index >= 15 is 0 Å². The van der Waals surface area contributed by atoms with Crippen molar-refractivity contribution in [1.82, 2.24) is 0 Å². The molecule has 3 aromatic rings. The van der Waals surface area contributed by atoms with Crippen LogP contribution >= 0.6 is 0 Å². The van der Waals surface area contributed by atoms with Gasteiger partial charge in [0.2, 0.25) is 0 Å². The Morgan fingerprint density at radius 2 is 0.860 bits per heavy atom. The summed E-state index contributed by atoms with van der Waals surface area (Å²) in [6.45, 7) is 46.4. The van der Waals surface area contributed by atoms with E-state index in [-0.39, 0.29) is 32.5 Å². The molecule has 0 radical (unpaired) electrons. The van der Waals surface area contributed by atoms with E-state index < -0.39 is 11.5 Å². The SMILES string of the molecule is Cc1c(CC2=CC(C)(C(C)(C)C)C(O)C(C(C)(C)C)=C2)cc(Cc2cc(C(C)(C)C)c(O)c(C(C)(C)C)c2)c(C)c1Cc1cc(C(C)(C)C)c(O)c(C(C)(C)C)c1. The predicted octanol–water partition coefficient (Wildman–Crippen LogP) is 14.0. The molecule has 3 heteroatoms. The van der Waals surface area contributed by atoms with Crippen LogP contribution in [0.1, 0.15) is 193 Å². The number of phenols is 2. The van der Waals surface area contributed by atoms with E-state index in [4.69, 9.17) is 0 Å². The Morgan fingerprint density at radius 3 is 1.19 bits per heavy atom. The van der Waals surface area contributed by atoms with Gasteiger partial charge in [-0.1, -0.05) is 174 Å². The number of phenolic OH excluding ortho intramolecular Hbond substituents is 2. The van der Waals surface area contributed by atoms with Crippen molar-refractivity contribution in [3.8, 4) is 11.5 Å². The lowest BCUT2D eigenvalue weighted by molar-refractivity contribution is 0.00641. The summed E-state index contributed by atoms with van der Waals surface area (Å²) < 4.78 is 0. The van der Waals surface area contributed by atoms with E-state index in [1.807, 2.05) is 0 Å². The van der Waals surface area contributed by atoms with Gasteiger partial charge in [-0.05, 0) is 138 Å². The fraction of sp³-hybridized carbons (Fsp3) is 0.593. The maximum Gasteiger partial charge on any atom is 0.123 e. The van der Waals surface area contributed by atoms with E-state index in [1.165, 1.54) is 44.5 Å². The van der Waals surface area contributed by atoms with E-state index in [9.17, 15) is 15.3 Å². The van der Waals surface area contributed by atoms with E-state index in [1.54, 1.807) is 0 Å². The summed E-state index contributed by atoms with van der Waals surface area (Å²) in [4.78, 5) is 0. The number of allylic oxidation sites excluding steroid dienone is 2. The second kappa shape index (κ2) is 15.1. The van der Waals surface area contributed by atoms with Crippen LogP contribution in [-0.2, 0) is 40.9 Å². The number of benzene rings is 3. The van der Waals surface area contributed by atoms with Crippen molar-refractivity contribution in [2.24, 2.45) is 16.2 Å². The van der Waals surface area contributed by atoms with Crippen molar-refractivity contribution < 1.29 is 15.3 Å². The molecule has 4 rings (SSSR count). The maximum absolute atomic E-state index is 12.0. The summed E-state index contributed by atoms with van der Waals surface area (Å²) in [5, 5.41) is 35.2. The van der Waals surface area contributed by atoms with Crippen LogP contribution in [0.3, 0.4) is 0 Å². The molecule has 3 aromatic carbocycles. The highest BCUT2D eigenvalue weighted by molar-refractivity contribution is 5.56. The third-order valence-electron chi connectivity index (χ3n) is 13.1. The normalized spacial score (nSPS) is 18.8. The van der Waals surface area contributed by atoms with Crippen molar-refractivity contribution in [3.05, 3.63) is 115 Å². The Balaban J connectivity index is 2.05. The van der Waals surface area contributed by atoms with Gasteiger partial charge in [0.1, 0.15) is 11.5 Å². The minimum absolute atomic E-state index is 0.163. The van der Waals surface area contributed by atoms with Crippen LogP contribution in [-0.4, -0.2) is 21.4 Å². The predicted molar refractivity (Wildman–Crippen MR) is 245 cm³/mol. The van der Waals surface area contributed by atoms with Crippen molar-refractivity contribution in [3.63, 3.8) is 0 Å². The van der Waals surface area contributed by atoms with Gasteiger partial charge in [-0.15, -0.1) is 0 Å². The molecule has 2 unspecified atom stereocenters. The van der Waals surface area contributed by atoms with E-state index in [0.717, 1.165) is 47.1 Å². The molecule has 3 N–H and O–H groups in total. The zero-order valence-corrected chi connectivity index (χ0v) is 40.1. The van der Waals surface area contributed by atoms with Gasteiger partial charge < -0.3 is 15.3 Å². The topological polar surface area (TPSA) is 60.7 Å². The molecule has 0 bridgehead atoms. The lowest BCUT2D eigenvalue weighted by Crippen LogP contribution is -2.46. The Bertz CT molecular complexity index is 1990. The molecule has 0 heterocycles. The maximum atomic E-state index is 12.0. The zero-order valence-electron chi connectivity index (χ0n) is 40.1. The van der Waals surface area contributed by atoms with Gasteiger partial charge in [-0.3, -0.25) is 0 Å².